The van der Waals surface area contributed by atoms with Gasteiger partial charge < -0.3 is 10.6 Å². The zero-order valence-electron chi connectivity index (χ0n) is 12.6. The van der Waals surface area contributed by atoms with Gasteiger partial charge in [-0.15, -0.1) is 0 Å². The van der Waals surface area contributed by atoms with Crippen LogP contribution in [0.3, 0.4) is 0 Å². The SMILES string of the molecule is CCCc1nc(NC)c(C)c(NCC(C)C2CC2)n1. The van der Waals surface area contributed by atoms with E-state index in [1.807, 2.05) is 7.05 Å². The number of aryl methyl sites for hydroxylation is 1. The molecule has 0 amide bonds. The van der Waals surface area contributed by atoms with E-state index in [1.54, 1.807) is 0 Å². The lowest BCUT2D eigenvalue weighted by Gasteiger charge is -2.16. The minimum absolute atomic E-state index is 0.738. The summed E-state index contributed by atoms with van der Waals surface area (Å²) in [4.78, 5) is 9.21. The van der Waals surface area contributed by atoms with Crippen molar-refractivity contribution in [1.82, 2.24) is 9.97 Å². The van der Waals surface area contributed by atoms with Gasteiger partial charge in [-0.05, 0) is 38.0 Å². The predicted molar refractivity (Wildman–Crippen MR) is 80.7 cm³/mol. The lowest BCUT2D eigenvalue weighted by molar-refractivity contribution is 0.535. The number of anilines is 2. The molecule has 1 aromatic heterocycles. The number of aromatic nitrogens is 2. The van der Waals surface area contributed by atoms with Gasteiger partial charge in [-0.1, -0.05) is 13.8 Å². The first kappa shape index (κ1) is 14.1. The molecule has 0 bridgehead atoms. The molecule has 1 aliphatic carbocycles. The Morgan fingerprint density at radius 1 is 1.26 bits per heavy atom. The topological polar surface area (TPSA) is 49.8 Å². The summed E-state index contributed by atoms with van der Waals surface area (Å²) < 4.78 is 0. The molecule has 0 aliphatic heterocycles. The summed E-state index contributed by atoms with van der Waals surface area (Å²) in [5.74, 6) is 4.53. The minimum atomic E-state index is 0.738. The van der Waals surface area contributed by atoms with Crippen molar-refractivity contribution in [1.29, 1.82) is 0 Å². The third-order valence-electron chi connectivity index (χ3n) is 3.92. The average Bonchev–Trinajstić information content (AvgIpc) is 3.23. The average molecular weight is 262 g/mol. The van der Waals surface area contributed by atoms with E-state index < -0.39 is 0 Å². The van der Waals surface area contributed by atoms with Gasteiger partial charge >= 0.3 is 0 Å². The molecule has 1 aromatic rings. The van der Waals surface area contributed by atoms with Crippen molar-refractivity contribution in [3.8, 4) is 0 Å². The Hall–Kier alpha value is -1.32. The Morgan fingerprint density at radius 3 is 2.53 bits per heavy atom. The second-order valence-electron chi connectivity index (χ2n) is 5.66. The van der Waals surface area contributed by atoms with Crippen LogP contribution in [0.15, 0.2) is 0 Å². The van der Waals surface area contributed by atoms with Crippen molar-refractivity contribution in [2.24, 2.45) is 11.8 Å². The van der Waals surface area contributed by atoms with Crippen molar-refractivity contribution in [3.05, 3.63) is 11.4 Å². The fourth-order valence-corrected chi connectivity index (χ4v) is 2.40. The lowest BCUT2D eigenvalue weighted by atomic mass is 10.1. The van der Waals surface area contributed by atoms with Crippen LogP contribution in [0.5, 0.6) is 0 Å². The van der Waals surface area contributed by atoms with Gasteiger partial charge in [0.15, 0.2) is 0 Å². The first-order valence-corrected chi connectivity index (χ1v) is 7.44. The molecule has 106 valence electrons. The number of hydrogen-bond acceptors (Lipinski definition) is 4. The largest absolute Gasteiger partial charge is 0.373 e. The number of hydrogen-bond donors (Lipinski definition) is 2. The third kappa shape index (κ3) is 3.58. The molecule has 0 spiro atoms. The predicted octanol–water partition coefficient (Wildman–Crippen LogP) is 3.24. The highest BCUT2D eigenvalue weighted by atomic mass is 15.1. The second kappa shape index (κ2) is 6.22. The van der Waals surface area contributed by atoms with E-state index in [1.165, 1.54) is 12.8 Å². The Bertz CT molecular complexity index is 426. The molecule has 0 saturated heterocycles. The highest BCUT2D eigenvalue weighted by molar-refractivity contribution is 5.57. The summed E-state index contributed by atoms with van der Waals surface area (Å²) in [6.45, 7) is 7.57. The van der Waals surface area contributed by atoms with Crippen molar-refractivity contribution in [3.63, 3.8) is 0 Å². The maximum atomic E-state index is 4.66. The molecule has 19 heavy (non-hydrogen) atoms. The maximum absolute atomic E-state index is 4.66. The van der Waals surface area contributed by atoms with E-state index in [4.69, 9.17) is 0 Å². The van der Waals surface area contributed by atoms with Crippen LogP contribution in [-0.2, 0) is 6.42 Å². The summed E-state index contributed by atoms with van der Waals surface area (Å²) in [6.07, 6.45) is 4.80. The fourth-order valence-electron chi connectivity index (χ4n) is 2.40. The van der Waals surface area contributed by atoms with Gasteiger partial charge in [0.25, 0.3) is 0 Å². The van der Waals surface area contributed by atoms with Gasteiger partial charge in [0.05, 0.1) is 0 Å². The molecule has 1 atom stereocenters. The lowest BCUT2D eigenvalue weighted by Crippen LogP contribution is -2.16. The van der Waals surface area contributed by atoms with E-state index >= 15 is 0 Å². The van der Waals surface area contributed by atoms with Crippen molar-refractivity contribution < 1.29 is 0 Å². The molecular formula is C15H26N4. The van der Waals surface area contributed by atoms with E-state index in [2.05, 4.69) is 41.4 Å². The third-order valence-corrected chi connectivity index (χ3v) is 3.92. The molecular weight excluding hydrogens is 236 g/mol. The standard InChI is InChI=1S/C15H26N4/c1-5-6-13-18-14(16-4)11(3)15(19-13)17-9-10(2)12-7-8-12/h10,12H,5-9H2,1-4H3,(H2,16,17,18,19). The molecule has 1 unspecified atom stereocenters. The van der Waals surface area contributed by atoms with Gasteiger partial charge in [-0.2, -0.15) is 0 Å². The molecule has 0 radical (unpaired) electrons. The first-order valence-electron chi connectivity index (χ1n) is 7.44. The Kier molecular flexibility index (Phi) is 4.61. The quantitative estimate of drug-likeness (QED) is 0.792. The number of nitrogens with zero attached hydrogens (tertiary/aromatic N) is 2. The zero-order chi connectivity index (χ0) is 13.8. The highest BCUT2D eigenvalue weighted by Gasteiger charge is 2.27. The normalized spacial score (nSPS) is 16.2. The fraction of sp³-hybridized carbons (Fsp3) is 0.733. The van der Waals surface area contributed by atoms with E-state index in [9.17, 15) is 0 Å². The Labute approximate surface area is 116 Å². The Morgan fingerprint density at radius 2 is 1.95 bits per heavy atom. The number of nitrogens with one attached hydrogen (secondary N) is 2. The molecule has 2 rings (SSSR count). The summed E-state index contributed by atoms with van der Waals surface area (Å²) in [7, 11) is 1.92. The van der Waals surface area contributed by atoms with Crippen molar-refractivity contribution >= 4 is 11.6 Å². The van der Waals surface area contributed by atoms with E-state index in [-0.39, 0.29) is 0 Å². The summed E-state index contributed by atoms with van der Waals surface area (Å²) in [6, 6.07) is 0. The Balaban J connectivity index is 2.09. The van der Waals surface area contributed by atoms with E-state index in [0.29, 0.717) is 0 Å². The molecule has 2 N–H and O–H groups in total. The maximum Gasteiger partial charge on any atom is 0.134 e. The van der Waals surface area contributed by atoms with Gasteiger partial charge in [-0.3, -0.25) is 0 Å². The molecule has 1 aliphatic rings. The second-order valence-corrected chi connectivity index (χ2v) is 5.66. The van der Waals surface area contributed by atoms with Crippen molar-refractivity contribution in [2.75, 3.05) is 24.2 Å². The number of rotatable bonds is 7. The van der Waals surface area contributed by atoms with Crippen LogP contribution in [0.1, 0.15) is 44.5 Å². The van der Waals surface area contributed by atoms with Gasteiger partial charge in [-0.25, -0.2) is 9.97 Å². The molecule has 1 fully saturated rings. The first-order chi connectivity index (χ1) is 9.15. The van der Waals surface area contributed by atoms with Crippen molar-refractivity contribution in [2.45, 2.75) is 46.5 Å². The van der Waals surface area contributed by atoms with Crippen LogP contribution in [0.4, 0.5) is 11.6 Å². The van der Waals surface area contributed by atoms with Crippen LogP contribution in [0.2, 0.25) is 0 Å². The smallest absolute Gasteiger partial charge is 0.134 e. The van der Waals surface area contributed by atoms with Crippen LogP contribution in [0, 0.1) is 18.8 Å². The molecule has 1 heterocycles. The zero-order valence-corrected chi connectivity index (χ0v) is 12.6. The van der Waals surface area contributed by atoms with Crippen LogP contribution in [-0.4, -0.2) is 23.6 Å². The summed E-state index contributed by atoms with van der Waals surface area (Å²) >= 11 is 0. The van der Waals surface area contributed by atoms with Gasteiger partial charge in [0.2, 0.25) is 0 Å². The summed E-state index contributed by atoms with van der Waals surface area (Å²) in [5.41, 5.74) is 1.12. The molecule has 4 heteroatoms. The van der Waals surface area contributed by atoms with Gasteiger partial charge in [0.1, 0.15) is 17.5 Å². The summed E-state index contributed by atoms with van der Waals surface area (Å²) in [5, 5.41) is 6.68. The minimum Gasteiger partial charge on any atom is -0.373 e. The van der Waals surface area contributed by atoms with Crippen LogP contribution >= 0.6 is 0 Å². The van der Waals surface area contributed by atoms with Gasteiger partial charge in [0, 0.05) is 25.6 Å². The van der Waals surface area contributed by atoms with Crippen LogP contribution in [0.25, 0.3) is 0 Å². The molecule has 1 saturated carbocycles. The molecule has 4 nitrogen and oxygen atoms in total. The monoisotopic (exact) mass is 262 g/mol. The van der Waals surface area contributed by atoms with E-state index in [0.717, 1.165) is 54.2 Å². The molecule has 0 aromatic carbocycles. The highest BCUT2D eigenvalue weighted by Crippen LogP contribution is 2.36. The van der Waals surface area contributed by atoms with Crippen LogP contribution < -0.4 is 10.6 Å².